The molecule has 0 radical (unpaired) electrons. The fraction of sp³-hybridized carbons (Fsp3) is 0.500. The van der Waals surface area contributed by atoms with Crippen LogP contribution in [0.25, 0.3) is 11.4 Å². The van der Waals surface area contributed by atoms with Crippen molar-refractivity contribution in [2.45, 2.75) is 13.5 Å². The Labute approximate surface area is 116 Å². The van der Waals surface area contributed by atoms with Gasteiger partial charge in [-0.1, -0.05) is 5.21 Å². The molecular weight excluding hydrogens is 262 g/mol. The quantitative estimate of drug-likeness (QED) is 0.716. The number of aryl methyl sites for hydroxylation is 1. The number of rotatable bonds is 6. The van der Waals surface area contributed by atoms with Crippen LogP contribution in [0.3, 0.4) is 0 Å². The van der Waals surface area contributed by atoms with E-state index in [4.69, 9.17) is 9.47 Å². The Balaban J connectivity index is 2.45. The van der Waals surface area contributed by atoms with E-state index in [0.717, 1.165) is 5.69 Å². The summed E-state index contributed by atoms with van der Waals surface area (Å²) in [6.45, 7) is 2.99. The highest BCUT2D eigenvalue weighted by molar-refractivity contribution is 5.93. The molecule has 0 spiro atoms. The second kappa shape index (κ2) is 6.29. The van der Waals surface area contributed by atoms with Crippen LogP contribution in [0.5, 0.6) is 0 Å². The van der Waals surface area contributed by atoms with Gasteiger partial charge in [-0.25, -0.2) is 14.5 Å². The molecule has 2 rings (SSSR count). The lowest BCUT2D eigenvalue weighted by Crippen LogP contribution is -2.11. The van der Waals surface area contributed by atoms with E-state index < -0.39 is 5.97 Å². The van der Waals surface area contributed by atoms with E-state index >= 15 is 0 Å². The number of aromatic nitrogens is 5. The first-order valence-electron chi connectivity index (χ1n) is 6.25. The summed E-state index contributed by atoms with van der Waals surface area (Å²) >= 11 is 0. The highest BCUT2D eigenvalue weighted by atomic mass is 16.5. The van der Waals surface area contributed by atoms with Crippen LogP contribution >= 0.6 is 0 Å². The zero-order chi connectivity index (χ0) is 14.5. The lowest BCUT2D eigenvalue weighted by Gasteiger charge is -2.07. The molecule has 8 heteroatoms. The molecule has 0 atom stereocenters. The van der Waals surface area contributed by atoms with Crippen molar-refractivity contribution in [3.05, 3.63) is 18.2 Å². The molecule has 0 N–H and O–H groups in total. The number of nitrogens with zero attached hydrogens (tertiary/aromatic N) is 5. The fourth-order valence-electron chi connectivity index (χ4n) is 1.82. The summed E-state index contributed by atoms with van der Waals surface area (Å²) in [7, 11) is 3.44. The maximum atomic E-state index is 12.0. The third-order valence-electron chi connectivity index (χ3n) is 2.77. The Morgan fingerprint density at radius 1 is 1.45 bits per heavy atom. The first-order valence-corrected chi connectivity index (χ1v) is 6.25. The molecule has 0 saturated carbocycles. The lowest BCUT2D eigenvalue weighted by molar-refractivity contribution is 0.0520. The predicted molar refractivity (Wildman–Crippen MR) is 70.1 cm³/mol. The van der Waals surface area contributed by atoms with E-state index in [1.807, 2.05) is 7.05 Å². The van der Waals surface area contributed by atoms with Gasteiger partial charge in [-0.3, -0.25) is 0 Å². The van der Waals surface area contributed by atoms with Crippen molar-refractivity contribution in [3.8, 4) is 11.4 Å². The van der Waals surface area contributed by atoms with E-state index in [-0.39, 0.29) is 12.3 Å². The minimum atomic E-state index is -0.493. The highest BCUT2D eigenvalue weighted by Crippen LogP contribution is 2.22. The van der Waals surface area contributed by atoms with Gasteiger partial charge in [0.05, 0.1) is 38.0 Å². The summed E-state index contributed by atoms with van der Waals surface area (Å²) in [5.74, 6) is -0.493. The van der Waals surface area contributed by atoms with Crippen molar-refractivity contribution in [3.63, 3.8) is 0 Å². The van der Waals surface area contributed by atoms with Gasteiger partial charge in [0.2, 0.25) is 0 Å². The maximum absolute atomic E-state index is 12.0. The molecule has 8 nitrogen and oxygen atoms in total. The maximum Gasteiger partial charge on any atom is 0.361 e. The highest BCUT2D eigenvalue weighted by Gasteiger charge is 2.23. The molecule has 20 heavy (non-hydrogen) atoms. The van der Waals surface area contributed by atoms with Crippen LogP contribution < -0.4 is 0 Å². The van der Waals surface area contributed by atoms with E-state index in [1.165, 1.54) is 0 Å². The summed E-state index contributed by atoms with van der Waals surface area (Å²) in [4.78, 5) is 16.0. The fourth-order valence-corrected chi connectivity index (χ4v) is 1.82. The second-order valence-corrected chi connectivity index (χ2v) is 4.11. The van der Waals surface area contributed by atoms with Crippen LogP contribution in [0.2, 0.25) is 0 Å². The zero-order valence-corrected chi connectivity index (χ0v) is 11.7. The van der Waals surface area contributed by atoms with Crippen LogP contribution in [-0.2, 0) is 23.1 Å². The van der Waals surface area contributed by atoms with Crippen LogP contribution in [-0.4, -0.2) is 50.8 Å². The molecule has 2 heterocycles. The molecule has 0 unspecified atom stereocenters. The number of carbonyl (C=O) groups excluding carboxylic acids is 1. The van der Waals surface area contributed by atoms with E-state index in [1.54, 1.807) is 35.8 Å². The van der Waals surface area contributed by atoms with Gasteiger partial charge in [0.1, 0.15) is 5.69 Å². The monoisotopic (exact) mass is 279 g/mol. The number of imidazole rings is 1. The smallest absolute Gasteiger partial charge is 0.361 e. The van der Waals surface area contributed by atoms with Crippen molar-refractivity contribution >= 4 is 5.97 Å². The molecule has 0 aliphatic heterocycles. The van der Waals surface area contributed by atoms with Gasteiger partial charge in [-0.15, -0.1) is 5.10 Å². The van der Waals surface area contributed by atoms with Gasteiger partial charge in [0.15, 0.2) is 5.69 Å². The molecule has 0 aromatic carbocycles. The van der Waals surface area contributed by atoms with Gasteiger partial charge in [0, 0.05) is 14.2 Å². The van der Waals surface area contributed by atoms with E-state index in [2.05, 4.69) is 15.3 Å². The molecule has 0 saturated heterocycles. The Hall–Kier alpha value is -2.22. The average Bonchev–Trinajstić information content (AvgIpc) is 3.02. The number of carbonyl (C=O) groups is 1. The van der Waals surface area contributed by atoms with Crippen LogP contribution in [0.4, 0.5) is 0 Å². The Morgan fingerprint density at radius 3 is 2.85 bits per heavy atom. The van der Waals surface area contributed by atoms with Crippen molar-refractivity contribution in [2.75, 3.05) is 20.3 Å². The second-order valence-electron chi connectivity index (χ2n) is 4.11. The van der Waals surface area contributed by atoms with E-state index in [0.29, 0.717) is 18.8 Å². The van der Waals surface area contributed by atoms with Gasteiger partial charge in [-0.2, -0.15) is 0 Å². The minimum absolute atomic E-state index is 0.187. The molecule has 0 aliphatic carbocycles. The van der Waals surface area contributed by atoms with Gasteiger partial charge < -0.3 is 14.0 Å². The Morgan fingerprint density at radius 2 is 2.25 bits per heavy atom. The number of methoxy groups -OCH3 is 1. The third-order valence-corrected chi connectivity index (χ3v) is 2.77. The molecule has 0 aliphatic rings. The molecule has 108 valence electrons. The normalized spacial score (nSPS) is 10.8. The van der Waals surface area contributed by atoms with Gasteiger partial charge in [0.25, 0.3) is 0 Å². The molecule has 0 amide bonds. The summed E-state index contributed by atoms with van der Waals surface area (Å²) in [5.41, 5.74) is 1.52. The van der Waals surface area contributed by atoms with E-state index in [9.17, 15) is 4.79 Å². The zero-order valence-electron chi connectivity index (χ0n) is 11.7. The molecule has 0 fully saturated rings. The molecule has 2 aromatic heterocycles. The van der Waals surface area contributed by atoms with Crippen LogP contribution in [0.1, 0.15) is 17.4 Å². The summed E-state index contributed by atoms with van der Waals surface area (Å²) in [6, 6.07) is 0. The van der Waals surface area contributed by atoms with Crippen molar-refractivity contribution < 1.29 is 14.3 Å². The third kappa shape index (κ3) is 2.69. The minimum Gasteiger partial charge on any atom is -0.461 e. The summed E-state index contributed by atoms with van der Waals surface area (Å²) in [6.07, 6.45) is 3.31. The van der Waals surface area contributed by atoms with Gasteiger partial charge >= 0.3 is 5.97 Å². The molecule has 2 aromatic rings. The van der Waals surface area contributed by atoms with Gasteiger partial charge in [-0.05, 0) is 6.92 Å². The number of ether oxygens (including phenoxy) is 2. The number of hydrogen-bond acceptors (Lipinski definition) is 6. The predicted octanol–water partition coefficient (Wildman–Crippen LogP) is 0.502. The summed E-state index contributed by atoms with van der Waals surface area (Å²) in [5, 5.41) is 7.93. The standard InChI is InChI=1S/C12H17N5O3/c1-4-20-12(18)10-11(9-7-13-8-16(9)2)17(15-14-10)5-6-19-3/h7-8H,4-6H2,1-3H3. The Bertz CT molecular complexity index is 590. The SMILES string of the molecule is CCOC(=O)c1nnn(CCOC)c1-c1cncn1C. The van der Waals surface area contributed by atoms with Crippen molar-refractivity contribution in [2.24, 2.45) is 7.05 Å². The Kier molecular flexibility index (Phi) is 4.46. The van der Waals surface area contributed by atoms with Crippen molar-refractivity contribution in [1.29, 1.82) is 0 Å². The molecular formula is C12H17N5O3. The number of hydrogen-bond donors (Lipinski definition) is 0. The van der Waals surface area contributed by atoms with Crippen LogP contribution in [0.15, 0.2) is 12.5 Å². The average molecular weight is 279 g/mol. The first-order chi connectivity index (χ1) is 9.69. The largest absolute Gasteiger partial charge is 0.461 e. The lowest BCUT2D eigenvalue weighted by atomic mass is 10.2. The number of esters is 1. The topological polar surface area (TPSA) is 84.1 Å². The summed E-state index contributed by atoms with van der Waals surface area (Å²) < 4.78 is 13.5. The van der Waals surface area contributed by atoms with Crippen LogP contribution in [0, 0.1) is 0 Å². The molecule has 0 bridgehead atoms. The first kappa shape index (κ1) is 14.2. The van der Waals surface area contributed by atoms with Crippen molar-refractivity contribution in [1.82, 2.24) is 24.5 Å².